The van der Waals surface area contributed by atoms with E-state index in [2.05, 4.69) is 40.4 Å². The summed E-state index contributed by atoms with van der Waals surface area (Å²) in [6.45, 7) is 9.97. The molecule has 0 aromatic heterocycles. The van der Waals surface area contributed by atoms with Gasteiger partial charge in [-0.05, 0) is 145 Å². The highest BCUT2D eigenvalue weighted by Crippen LogP contribution is 2.44. The van der Waals surface area contributed by atoms with Gasteiger partial charge in [0, 0.05) is 59.5 Å². The van der Waals surface area contributed by atoms with Crippen molar-refractivity contribution in [1.82, 2.24) is 10.6 Å². The first kappa shape index (κ1) is 50.3. The molecule has 0 heterocycles. The fourth-order valence-electron chi connectivity index (χ4n) is 12.9. The summed E-state index contributed by atoms with van der Waals surface area (Å²) in [5.74, 6) is -0.849. The van der Waals surface area contributed by atoms with E-state index in [0.717, 1.165) is 126 Å². The van der Waals surface area contributed by atoms with Gasteiger partial charge in [-0.2, -0.15) is 0 Å². The number of benzene rings is 1. The van der Waals surface area contributed by atoms with E-state index in [1.54, 1.807) is 0 Å². The molecular formula is C53H79BrN2O8. The van der Waals surface area contributed by atoms with Gasteiger partial charge in [0.25, 0.3) is 0 Å². The molecule has 0 bridgehead atoms. The molecule has 1 aromatic carbocycles. The van der Waals surface area contributed by atoms with Crippen molar-refractivity contribution < 1.29 is 38.2 Å². The first-order valence-electron chi connectivity index (χ1n) is 25.4. The Bertz CT molecular complexity index is 1760. The number of hydrogen-bond donors (Lipinski definition) is 2. The number of nitrogens with one attached hydrogen (secondary N) is 2. The molecular weight excluding hydrogens is 872 g/mol. The number of esters is 2. The van der Waals surface area contributed by atoms with Crippen molar-refractivity contribution in [2.45, 2.75) is 200 Å². The lowest BCUT2D eigenvalue weighted by Gasteiger charge is -2.38. The smallest absolute Gasteiger partial charge is 0.309 e. The average molecular weight is 952 g/mol. The van der Waals surface area contributed by atoms with Crippen molar-refractivity contribution in [3.63, 3.8) is 0 Å². The Hall–Kier alpha value is -3.08. The summed E-state index contributed by atoms with van der Waals surface area (Å²) in [4.78, 5) is 82.7. The predicted molar refractivity (Wildman–Crippen MR) is 251 cm³/mol. The van der Waals surface area contributed by atoms with Crippen LogP contribution in [0.1, 0.15) is 181 Å². The molecule has 0 spiro atoms. The summed E-state index contributed by atoms with van der Waals surface area (Å²) in [5.41, 5.74) is 0.372. The molecule has 5 aliphatic carbocycles. The van der Waals surface area contributed by atoms with Crippen LogP contribution in [-0.4, -0.2) is 53.0 Å². The minimum Gasteiger partial charge on any atom is -0.461 e. The molecule has 11 heteroatoms. The Morgan fingerprint density at radius 1 is 0.625 bits per heavy atom. The summed E-state index contributed by atoms with van der Waals surface area (Å²) in [6, 6.07) is 7.45. The van der Waals surface area contributed by atoms with E-state index in [0.29, 0.717) is 19.3 Å². The highest BCUT2D eigenvalue weighted by atomic mass is 79.9. The fraction of sp³-hybridized carbons (Fsp3) is 0.774. The highest BCUT2D eigenvalue weighted by Gasteiger charge is 2.44. The topological polar surface area (TPSA) is 145 Å². The third-order valence-electron chi connectivity index (χ3n) is 16.1. The molecule has 5 fully saturated rings. The highest BCUT2D eigenvalue weighted by molar-refractivity contribution is 9.10. The molecule has 10 nitrogen and oxygen atoms in total. The van der Waals surface area contributed by atoms with Crippen molar-refractivity contribution in [3.05, 3.63) is 34.3 Å². The van der Waals surface area contributed by atoms with Crippen LogP contribution in [0.25, 0.3) is 0 Å². The number of rotatable bonds is 19. The van der Waals surface area contributed by atoms with Crippen LogP contribution in [0.4, 0.5) is 0 Å². The molecule has 356 valence electrons. The zero-order chi connectivity index (χ0) is 46.0. The van der Waals surface area contributed by atoms with E-state index >= 15 is 0 Å². The number of ketones is 2. The lowest BCUT2D eigenvalue weighted by molar-refractivity contribution is -0.156. The van der Waals surface area contributed by atoms with Crippen molar-refractivity contribution >= 4 is 51.2 Å². The first-order valence-corrected chi connectivity index (χ1v) is 26.2. The third-order valence-corrected chi connectivity index (χ3v) is 16.6. The van der Waals surface area contributed by atoms with E-state index in [-0.39, 0.29) is 120 Å². The summed E-state index contributed by atoms with van der Waals surface area (Å²) in [7, 11) is 0. The minimum atomic E-state index is -0.564. The Morgan fingerprint density at radius 3 is 1.89 bits per heavy atom. The molecule has 5 saturated carbocycles. The Balaban J connectivity index is 1.02. The lowest BCUT2D eigenvalue weighted by atomic mass is 9.67. The summed E-state index contributed by atoms with van der Waals surface area (Å²) in [5, 5.41) is 6.78. The molecule has 5 aliphatic rings. The van der Waals surface area contributed by atoms with Crippen molar-refractivity contribution in [3.8, 4) is 0 Å². The first-order chi connectivity index (χ1) is 30.6. The number of amides is 2. The number of halogens is 1. The SMILES string of the molecule is CC[C@H](C(=O)N[C@H]1CCC[C@@H]1C(=O)C[C@H]1CCCC[C@H]1[C@@H](CC)C(=O)C[C@H]1CCC[C@@H]1C(=O)OCc1ccc(Br)cc1)[C@@H]1CCCC[C@@H]1NC(=O)[C@H]1CCC[C@@H]1CC(=O)OC(C)(C)C. The molecule has 12 atom stereocenters. The molecule has 2 N–H and O–H groups in total. The zero-order valence-electron chi connectivity index (χ0n) is 39.6. The van der Waals surface area contributed by atoms with Gasteiger partial charge in [0.1, 0.15) is 23.8 Å². The summed E-state index contributed by atoms with van der Waals surface area (Å²) < 4.78 is 12.3. The number of hydrogen-bond acceptors (Lipinski definition) is 8. The van der Waals surface area contributed by atoms with E-state index in [1.165, 1.54) is 0 Å². The molecule has 0 saturated heterocycles. The second kappa shape index (κ2) is 23.6. The van der Waals surface area contributed by atoms with Crippen molar-refractivity contribution in [2.75, 3.05) is 0 Å². The van der Waals surface area contributed by atoms with Crippen molar-refractivity contribution in [2.24, 2.45) is 59.2 Å². The van der Waals surface area contributed by atoms with Gasteiger partial charge in [-0.15, -0.1) is 0 Å². The van der Waals surface area contributed by atoms with E-state index in [4.69, 9.17) is 9.47 Å². The predicted octanol–water partition coefficient (Wildman–Crippen LogP) is 10.8. The van der Waals surface area contributed by atoms with Gasteiger partial charge in [-0.1, -0.05) is 86.9 Å². The van der Waals surface area contributed by atoms with Gasteiger partial charge in [0.15, 0.2) is 0 Å². The average Bonchev–Trinajstić information content (AvgIpc) is 4.04. The quantitative estimate of drug-likeness (QED) is 0.130. The maximum absolute atomic E-state index is 14.3. The van der Waals surface area contributed by atoms with Crippen LogP contribution < -0.4 is 10.6 Å². The fourth-order valence-corrected chi connectivity index (χ4v) is 13.1. The van der Waals surface area contributed by atoms with Crippen LogP contribution in [0, 0.1) is 59.2 Å². The number of carbonyl (C=O) groups is 6. The van der Waals surface area contributed by atoms with Crippen LogP contribution in [-0.2, 0) is 44.8 Å². The summed E-state index contributed by atoms with van der Waals surface area (Å²) >= 11 is 3.45. The van der Waals surface area contributed by atoms with Gasteiger partial charge < -0.3 is 20.1 Å². The largest absolute Gasteiger partial charge is 0.461 e. The Labute approximate surface area is 392 Å². The maximum atomic E-state index is 14.3. The van der Waals surface area contributed by atoms with Crippen LogP contribution >= 0.6 is 15.9 Å². The molecule has 1 aromatic rings. The van der Waals surface area contributed by atoms with E-state index < -0.39 is 5.60 Å². The zero-order valence-corrected chi connectivity index (χ0v) is 41.2. The molecule has 0 radical (unpaired) electrons. The van der Waals surface area contributed by atoms with Crippen LogP contribution in [0.3, 0.4) is 0 Å². The van der Waals surface area contributed by atoms with Gasteiger partial charge in [0.2, 0.25) is 11.8 Å². The second-order valence-corrected chi connectivity index (χ2v) is 22.3. The van der Waals surface area contributed by atoms with Crippen LogP contribution in [0.15, 0.2) is 28.7 Å². The molecule has 0 unspecified atom stereocenters. The minimum absolute atomic E-state index is 0.00313. The number of ether oxygens (including phenoxy) is 2. The molecule has 64 heavy (non-hydrogen) atoms. The Kier molecular flexibility index (Phi) is 18.5. The molecule has 6 rings (SSSR count). The summed E-state index contributed by atoms with van der Waals surface area (Å²) in [6.07, 6.45) is 17.7. The normalized spacial score (nSPS) is 30.5. The van der Waals surface area contributed by atoms with Crippen molar-refractivity contribution in [1.29, 1.82) is 0 Å². The molecule has 2 amide bonds. The second-order valence-electron chi connectivity index (χ2n) is 21.4. The lowest BCUT2D eigenvalue weighted by Crippen LogP contribution is -2.51. The monoisotopic (exact) mass is 951 g/mol. The number of Topliss-reactive ketones (excluding diaryl/α,β-unsaturated/α-hetero) is 2. The van der Waals surface area contributed by atoms with Gasteiger partial charge in [-0.25, -0.2) is 0 Å². The molecule has 0 aliphatic heterocycles. The third kappa shape index (κ3) is 13.5. The van der Waals surface area contributed by atoms with Gasteiger partial charge in [-0.3, -0.25) is 28.8 Å². The van der Waals surface area contributed by atoms with E-state index in [9.17, 15) is 28.8 Å². The van der Waals surface area contributed by atoms with Gasteiger partial charge >= 0.3 is 11.9 Å². The Morgan fingerprint density at radius 2 is 1.20 bits per heavy atom. The van der Waals surface area contributed by atoms with Crippen LogP contribution in [0.2, 0.25) is 0 Å². The van der Waals surface area contributed by atoms with Gasteiger partial charge in [0.05, 0.1) is 5.92 Å². The standard InChI is InChI=1S/C53H79BrN2O8/c1-6-38(47(57)30-35-16-13-21-42(35)52(62)63-32-33-25-27-37(54)28-26-33)40-18-9-8-15-34(40)29-48(58)44-22-14-24-46(44)56-50(60)39(7-2)43-19-10-11-23-45(43)55-51(61)41-20-12-17-36(41)31-49(59)64-53(3,4)5/h25-28,34-36,38-46H,6-24,29-32H2,1-5H3,(H,55,61)(H,56,60)/t34-,35-,36-,38-,39+,40-,41+,42+,43+,44+,45+,46+/m1/s1. The maximum Gasteiger partial charge on any atom is 0.309 e. The van der Waals surface area contributed by atoms with Crippen LogP contribution in [0.5, 0.6) is 0 Å². The number of carbonyl (C=O) groups excluding carboxylic acids is 6. The van der Waals surface area contributed by atoms with E-state index in [1.807, 2.05) is 45.0 Å².